The van der Waals surface area contributed by atoms with Crippen LogP contribution in [0.3, 0.4) is 0 Å². The summed E-state index contributed by atoms with van der Waals surface area (Å²) in [6, 6.07) is 17.0. The first kappa shape index (κ1) is 18.3. The van der Waals surface area contributed by atoms with Gasteiger partial charge in [-0.05, 0) is 29.3 Å². The number of ether oxygens (including phenoxy) is 2. The smallest absolute Gasteiger partial charge is 0.119 e. The van der Waals surface area contributed by atoms with Crippen molar-refractivity contribution in [3.05, 3.63) is 59.7 Å². The summed E-state index contributed by atoms with van der Waals surface area (Å²) >= 11 is 0. The number of benzene rings is 2. The third-order valence-electron chi connectivity index (χ3n) is 5.40. The lowest BCUT2D eigenvalue weighted by Crippen LogP contribution is -2.39. The van der Waals surface area contributed by atoms with E-state index in [1.54, 1.807) is 0 Å². The maximum atomic E-state index is 8.87. The molecule has 27 heavy (non-hydrogen) atoms. The van der Waals surface area contributed by atoms with Gasteiger partial charge in [0, 0.05) is 44.3 Å². The lowest BCUT2D eigenvalue weighted by Gasteiger charge is -2.29. The van der Waals surface area contributed by atoms with Gasteiger partial charge in [0.2, 0.25) is 0 Å². The van der Waals surface area contributed by atoms with Crippen LogP contribution in [0.5, 0.6) is 5.75 Å². The molecule has 144 valence electrons. The maximum Gasteiger partial charge on any atom is 0.119 e. The minimum Gasteiger partial charge on any atom is -0.491 e. The van der Waals surface area contributed by atoms with Gasteiger partial charge in [0.05, 0.1) is 19.8 Å². The van der Waals surface area contributed by atoms with Crippen LogP contribution in [0.2, 0.25) is 0 Å². The second kappa shape index (κ2) is 8.74. The normalized spacial score (nSPS) is 19.9. The standard InChI is InChI=1S/C22H28N2O3/c25-11-14-27-20-7-5-18(6-8-20)15-24-17-19(16-23-9-12-26-13-10-23)21-3-1-2-4-22(21)24/h1-8,19,25H,9-17H2/t19-/m1/s1. The van der Waals surface area contributed by atoms with E-state index in [0.29, 0.717) is 12.5 Å². The number of para-hydroxylation sites is 1. The van der Waals surface area contributed by atoms with Crippen LogP contribution in [0.15, 0.2) is 48.5 Å². The van der Waals surface area contributed by atoms with E-state index in [0.717, 1.165) is 51.7 Å². The van der Waals surface area contributed by atoms with Crippen molar-refractivity contribution in [2.45, 2.75) is 12.5 Å². The molecule has 1 saturated heterocycles. The molecule has 0 saturated carbocycles. The van der Waals surface area contributed by atoms with E-state index in [9.17, 15) is 0 Å². The van der Waals surface area contributed by atoms with Crippen molar-refractivity contribution in [1.29, 1.82) is 0 Å². The first-order valence-electron chi connectivity index (χ1n) is 9.80. The van der Waals surface area contributed by atoms with Gasteiger partial charge in [0.15, 0.2) is 0 Å². The average Bonchev–Trinajstić information content (AvgIpc) is 3.06. The van der Waals surface area contributed by atoms with Crippen LogP contribution in [0, 0.1) is 0 Å². The van der Waals surface area contributed by atoms with Crippen LogP contribution in [0.25, 0.3) is 0 Å². The molecule has 1 fully saturated rings. The zero-order valence-corrected chi connectivity index (χ0v) is 15.7. The molecule has 1 atom stereocenters. The number of morpholine rings is 1. The predicted molar refractivity (Wildman–Crippen MR) is 107 cm³/mol. The van der Waals surface area contributed by atoms with Gasteiger partial charge < -0.3 is 19.5 Å². The number of hydrogen-bond donors (Lipinski definition) is 1. The van der Waals surface area contributed by atoms with Gasteiger partial charge in [0.1, 0.15) is 12.4 Å². The van der Waals surface area contributed by atoms with Gasteiger partial charge >= 0.3 is 0 Å². The monoisotopic (exact) mass is 368 g/mol. The molecule has 4 rings (SSSR count). The van der Waals surface area contributed by atoms with Crippen molar-refractivity contribution in [1.82, 2.24) is 4.90 Å². The molecule has 2 aliphatic rings. The quantitative estimate of drug-likeness (QED) is 0.814. The molecule has 0 aromatic heterocycles. The fourth-order valence-corrected chi connectivity index (χ4v) is 4.06. The Balaban J connectivity index is 1.43. The number of aliphatic hydroxyl groups is 1. The van der Waals surface area contributed by atoms with E-state index in [-0.39, 0.29) is 6.61 Å². The Bertz CT molecular complexity index is 729. The minimum absolute atomic E-state index is 0.0385. The Morgan fingerprint density at radius 2 is 1.81 bits per heavy atom. The molecular formula is C22H28N2O3. The molecule has 0 aliphatic carbocycles. The fourth-order valence-electron chi connectivity index (χ4n) is 4.06. The van der Waals surface area contributed by atoms with E-state index in [4.69, 9.17) is 14.6 Å². The zero-order chi connectivity index (χ0) is 18.5. The van der Waals surface area contributed by atoms with E-state index >= 15 is 0 Å². The summed E-state index contributed by atoms with van der Waals surface area (Å²) in [7, 11) is 0. The highest BCUT2D eigenvalue weighted by molar-refractivity contribution is 5.60. The Kier molecular flexibility index (Phi) is 5.92. The van der Waals surface area contributed by atoms with Crippen LogP contribution < -0.4 is 9.64 Å². The Morgan fingerprint density at radius 1 is 1.04 bits per heavy atom. The number of rotatable bonds is 7. The van der Waals surface area contributed by atoms with E-state index < -0.39 is 0 Å². The largest absolute Gasteiger partial charge is 0.491 e. The molecule has 0 radical (unpaired) electrons. The molecule has 0 unspecified atom stereocenters. The lowest BCUT2D eigenvalue weighted by atomic mass is 10.0. The second-order valence-electron chi connectivity index (χ2n) is 7.27. The maximum absolute atomic E-state index is 8.87. The summed E-state index contributed by atoms with van der Waals surface area (Å²) in [5.74, 6) is 1.35. The zero-order valence-electron chi connectivity index (χ0n) is 15.7. The Hall–Kier alpha value is -2.08. The van der Waals surface area contributed by atoms with Gasteiger partial charge in [-0.25, -0.2) is 0 Å². The van der Waals surface area contributed by atoms with Crippen molar-refractivity contribution in [3.63, 3.8) is 0 Å². The molecule has 0 amide bonds. The fraction of sp³-hybridized carbons (Fsp3) is 0.455. The Morgan fingerprint density at radius 3 is 2.59 bits per heavy atom. The minimum atomic E-state index is 0.0385. The highest BCUT2D eigenvalue weighted by Crippen LogP contribution is 2.37. The van der Waals surface area contributed by atoms with Crippen molar-refractivity contribution in [2.24, 2.45) is 0 Å². The van der Waals surface area contributed by atoms with Crippen LogP contribution >= 0.6 is 0 Å². The van der Waals surface area contributed by atoms with Crippen LogP contribution in [0.4, 0.5) is 5.69 Å². The topological polar surface area (TPSA) is 45.2 Å². The highest BCUT2D eigenvalue weighted by atomic mass is 16.5. The molecule has 1 N–H and O–H groups in total. The van der Waals surface area contributed by atoms with Crippen molar-refractivity contribution in [2.75, 3.05) is 57.5 Å². The summed E-state index contributed by atoms with van der Waals surface area (Å²) in [6.45, 7) is 7.20. The summed E-state index contributed by atoms with van der Waals surface area (Å²) in [4.78, 5) is 5.02. The summed E-state index contributed by atoms with van der Waals surface area (Å²) in [5, 5.41) is 8.87. The molecule has 0 spiro atoms. The van der Waals surface area contributed by atoms with Crippen molar-refractivity contribution in [3.8, 4) is 5.75 Å². The number of nitrogens with zero attached hydrogens (tertiary/aromatic N) is 2. The van der Waals surface area contributed by atoms with Crippen molar-refractivity contribution < 1.29 is 14.6 Å². The number of anilines is 1. The first-order valence-corrected chi connectivity index (χ1v) is 9.80. The molecule has 5 nitrogen and oxygen atoms in total. The predicted octanol–water partition coefficient (Wildman–Crippen LogP) is 2.49. The number of hydrogen-bond acceptors (Lipinski definition) is 5. The van der Waals surface area contributed by atoms with E-state index in [1.807, 2.05) is 12.1 Å². The molecule has 5 heteroatoms. The van der Waals surface area contributed by atoms with Gasteiger partial charge in [-0.2, -0.15) is 0 Å². The Labute approximate surface area is 161 Å². The van der Waals surface area contributed by atoms with E-state index in [1.165, 1.54) is 16.8 Å². The van der Waals surface area contributed by atoms with Gasteiger partial charge in [-0.1, -0.05) is 30.3 Å². The summed E-state index contributed by atoms with van der Waals surface area (Å²) in [5.41, 5.74) is 4.09. The SMILES string of the molecule is OCCOc1ccc(CN2C[C@@H](CN3CCOCC3)c3ccccc32)cc1. The van der Waals surface area contributed by atoms with Gasteiger partial charge in [-0.3, -0.25) is 4.90 Å². The van der Waals surface area contributed by atoms with Gasteiger partial charge in [0.25, 0.3) is 0 Å². The summed E-state index contributed by atoms with van der Waals surface area (Å²) in [6.07, 6.45) is 0. The molecule has 2 aliphatic heterocycles. The number of aliphatic hydroxyl groups excluding tert-OH is 1. The first-order chi connectivity index (χ1) is 13.3. The third kappa shape index (κ3) is 4.43. The number of fused-ring (bicyclic) bond motifs is 1. The molecule has 0 bridgehead atoms. The lowest BCUT2D eigenvalue weighted by molar-refractivity contribution is 0.0356. The average molecular weight is 368 g/mol. The second-order valence-corrected chi connectivity index (χ2v) is 7.27. The van der Waals surface area contributed by atoms with Crippen molar-refractivity contribution >= 4 is 5.69 Å². The highest BCUT2D eigenvalue weighted by Gasteiger charge is 2.30. The van der Waals surface area contributed by atoms with Crippen LogP contribution in [0.1, 0.15) is 17.0 Å². The molecule has 2 aromatic carbocycles. The summed E-state index contributed by atoms with van der Waals surface area (Å²) < 4.78 is 11.0. The van der Waals surface area contributed by atoms with Gasteiger partial charge in [-0.15, -0.1) is 0 Å². The van der Waals surface area contributed by atoms with E-state index in [2.05, 4.69) is 46.2 Å². The molecule has 2 aromatic rings. The molecule has 2 heterocycles. The third-order valence-corrected chi connectivity index (χ3v) is 5.40. The molecular weight excluding hydrogens is 340 g/mol. The van der Waals surface area contributed by atoms with Crippen LogP contribution in [-0.2, 0) is 11.3 Å². The van der Waals surface area contributed by atoms with Crippen LogP contribution in [-0.4, -0.2) is 62.6 Å².